The molecule has 1 saturated heterocycles. The summed E-state index contributed by atoms with van der Waals surface area (Å²) >= 11 is 0. The van der Waals surface area contributed by atoms with Gasteiger partial charge < -0.3 is 19.9 Å². The number of carbonyl (C=O) groups is 1. The Labute approximate surface area is 162 Å². The Hall–Kier alpha value is -3.27. The molecule has 10 heteroatoms. The number of nitro benzene ring substituents is 1. The fraction of sp³-hybridized carbons (Fsp3) is 0.389. The van der Waals surface area contributed by atoms with Gasteiger partial charge in [-0.25, -0.2) is 9.97 Å². The number of quaternary nitrogens is 1. The molecule has 0 unspecified atom stereocenters. The Kier molecular flexibility index (Phi) is 5.99. The van der Waals surface area contributed by atoms with Gasteiger partial charge in [0.1, 0.15) is 11.4 Å². The highest BCUT2D eigenvalue weighted by Gasteiger charge is 2.31. The summed E-state index contributed by atoms with van der Waals surface area (Å²) in [6.07, 6.45) is 3.42. The van der Waals surface area contributed by atoms with Gasteiger partial charge in [-0.3, -0.25) is 14.9 Å². The van der Waals surface area contributed by atoms with Crippen LogP contribution >= 0.6 is 0 Å². The summed E-state index contributed by atoms with van der Waals surface area (Å²) in [5.74, 6) is 0.794. The van der Waals surface area contributed by atoms with Crippen molar-refractivity contribution in [3.8, 4) is 5.75 Å². The largest absolute Gasteiger partial charge is 0.496 e. The molecular weight excluding hydrogens is 364 g/mol. The fourth-order valence-electron chi connectivity index (χ4n) is 3.20. The van der Waals surface area contributed by atoms with E-state index in [2.05, 4.69) is 20.2 Å². The Morgan fingerprint density at radius 1 is 1.32 bits per heavy atom. The number of nitro groups is 1. The van der Waals surface area contributed by atoms with Crippen LogP contribution in [0.4, 0.5) is 17.3 Å². The Morgan fingerprint density at radius 2 is 2.00 bits per heavy atom. The first-order valence-electron chi connectivity index (χ1n) is 8.99. The van der Waals surface area contributed by atoms with E-state index in [4.69, 9.17) is 4.74 Å². The second-order valence-electron chi connectivity index (χ2n) is 6.55. The van der Waals surface area contributed by atoms with Crippen LogP contribution in [0.2, 0.25) is 0 Å². The van der Waals surface area contributed by atoms with Gasteiger partial charge in [0.2, 0.25) is 5.95 Å². The minimum Gasteiger partial charge on any atom is -0.496 e. The predicted octanol–water partition coefficient (Wildman–Crippen LogP) is 0.126. The standard InChI is InChI=1S/C18H22N6O4/c1-13(22-8-10-23(11-9-22)18-19-6-3-7-20-18)17(25)21-15-5-4-14(28-2)12-16(15)24(26)27/h3-7,12-13H,8-11H2,1-2H3,(H,21,25)/p+1/t13-/m1/s1. The molecule has 148 valence electrons. The van der Waals surface area contributed by atoms with E-state index in [0.717, 1.165) is 31.1 Å². The van der Waals surface area contributed by atoms with Gasteiger partial charge >= 0.3 is 0 Å². The van der Waals surface area contributed by atoms with E-state index in [1.165, 1.54) is 19.2 Å². The third kappa shape index (κ3) is 4.34. The smallest absolute Gasteiger partial charge is 0.296 e. The highest BCUT2D eigenvalue weighted by atomic mass is 16.6. The van der Waals surface area contributed by atoms with Crippen molar-refractivity contribution in [3.05, 3.63) is 46.8 Å². The number of piperazine rings is 1. The normalized spacial score (nSPS) is 15.7. The zero-order valence-electron chi connectivity index (χ0n) is 15.8. The summed E-state index contributed by atoms with van der Waals surface area (Å²) in [4.78, 5) is 35.1. The van der Waals surface area contributed by atoms with E-state index < -0.39 is 4.92 Å². The molecule has 0 saturated carbocycles. The number of ether oxygens (including phenoxy) is 1. The average molecular weight is 387 g/mol. The van der Waals surface area contributed by atoms with E-state index in [9.17, 15) is 14.9 Å². The predicted molar refractivity (Wildman–Crippen MR) is 103 cm³/mol. The highest BCUT2D eigenvalue weighted by molar-refractivity contribution is 5.95. The summed E-state index contributed by atoms with van der Waals surface area (Å²) in [7, 11) is 1.43. The number of rotatable bonds is 6. The van der Waals surface area contributed by atoms with Crippen LogP contribution in [0.1, 0.15) is 6.92 Å². The number of benzene rings is 1. The molecule has 0 spiro atoms. The molecule has 1 aromatic carbocycles. The molecule has 1 aromatic heterocycles. The quantitative estimate of drug-likeness (QED) is 0.535. The summed E-state index contributed by atoms with van der Waals surface area (Å²) in [5.41, 5.74) is -0.0284. The number of nitrogens with one attached hydrogen (secondary N) is 2. The number of carbonyl (C=O) groups excluding carboxylic acids is 1. The summed E-state index contributed by atoms with van der Waals surface area (Å²) in [5, 5.41) is 14.0. The molecule has 0 aliphatic carbocycles. The van der Waals surface area contributed by atoms with Gasteiger partial charge in [0.05, 0.1) is 44.3 Å². The molecule has 2 heterocycles. The summed E-state index contributed by atoms with van der Waals surface area (Å²) in [6, 6.07) is 5.79. The van der Waals surface area contributed by atoms with E-state index in [1.54, 1.807) is 24.5 Å². The van der Waals surface area contributed by atoms with Gasteiger partial charge in [-0.2, -0.15) is 0 Å². The highest BCUT2D eigenvalue weighted by Crippen LogP contribution is 2.28. The maximum Gasteiger partial charge on any atom is 0.296 e. The van der Waals surface area contributed by atoms with Gasteiger partial charge in [0.15, 0.2) is 6.04 Å². The number of aromatic nitrogens is 2. The first-order chi connectivity index (χ1) is 13.5. The van der Waals surface area contributed by atoms with Gasteiger partial charge in [0.25, 0.3) is 11.6 Å². The van der Waals surface area contributed by atoms with Gasteiger partial charge in [0, 0.05) is 12.4 Å². The average Bonchev–Trinajstić information content (AvgIpc) is 2.74. The van der Waals surface area contributed by atoms with Crippen molar-refractivity contribution >= 4 is 23.2 Å². The molecule has 0 bridgehead atoms. The van der Waals surface area contributed by atoms with Crippen LogP contribution in [0.3, 0.4) is 0 Å². The van der Waals surface area contributed by atoms with Crippen LogP contribution in [0.15, 0.2) is 36.7 Å². The van der Waals surface area contributed by atoms with Crippen molar-refractivity contribution in [2.75, 3.05) is 43.5 Å². The minimum absolute atomic E-state index is 0.165. The van der Waals surface area contributed by atoms with Crippen LogP contribution in [-0.4, -0.2) is 60.1 Å². The van der Waals surface area contributed by atoms with Crippen LogP contribution in [0.25, 0.3) is 0 Å². The minimum atomic E-state index is -0.533. The molecular formula is C18H23N6O4+. The van der Waals surface area contributed by atoms with Crippen LogP contribution in [-0.2, 0) is 4.79 Å². The monoisotopic (exact) mass is 387 g/mol. The third-order valence-corrected chi connectivity index (χ3v) is 4.91. The third-order valence-electron chi connectivity index (χ3n) is 4.91. The van der Waals surface area contributed by atoms with E-state index in [0.29, 0.717) is 11.7 Å². The molecule has 3 rings (SSSR count). The molecule has 10 nitrogen and oxygen atoms in total. The lowest BCUT2D eigenvalue weighted by molar-refractivity contribution is -0.914. The molecule has 1 fully saturated rings. The van der Waals surface area contributed by atoms with Gasteiger partial charge in [-0.05, 0) is 25.1 Å². The number of nitrogens with zero attached hydrogens (tertiary/aromatic N) is 4. The number of anilines is 2. The number of hydrogen-bond acceptors (Lipinski definition) is 7. The number of hydrogen-bond donors (Lipinski definition) is 2. The second kappa shape index (κ2) is 8.61. The summed E-state index contributed by atoms with van der Waals surface area (Å²) in [6.45, 7) is 4.79. The van der Waals surface area contributed by atoms with Crippen molar-refractivity contribution < 1.29 is 19.4 Å². The maximum absolute atomic E-state index is 12.7. The number of methoxy groups -OCH3 is 1. The van der Waals surface area contributed by atoms with Crippen molar-refractivity contribution in [3.63, 3.8) is 0 Å². The second-order valence-corrected chi connectivity index (χ2v) is 6.55. The fourth-order valence-corrected chi connectivity index (χ4v) is 3.20. The van der Waals surface area contributed by atoms with Gasteiger partial charge in [-0.15, -0.1) is 0 Å². The SMILES string of the molecule is COc1ccc(NC(=O)[C@@H](C)[NH+]2CCN(c3ncccn3)CC2)c([N+](=O)[O-])c1. The topological polar surface area (TPSA) is 115 Å². The van der Waals surface area contributed by atoms with Crippen LogP contribution in [0.5, 0.6) is 5.75 Å². The van der Waals surface area contributed by atoms with Gasteiger partial charge in [-0.1, -0.05) is 0 Å². The lowest BCUT2D eigenvalue weighted by Gasteiger charge is -2.34. The van der Waals surface area contributed by atoms with Crippen LogP contribution < -0.4 is 19.9 Å². The van der Waals surface area contributed by atoms with Crippen molar-refractivity contribution in [2.45, 2.75) is 13.0 Å². The zero-order chi connectivity index (χ0) is 20.1. The Morgan fingerprint density at radius 3 is 2.61 bits per heavy atom. The van der Waals surface area contributed by atoms with E-state index in [1.807, 2.05) is 6.92 Å². The lowest BCUT2D eigenvalue weighted by Crippen LogP contribution is -3.19. The van der Waals surface area contributed by atoms with Crippen molar-refractivity contribution in [2.24, 2.45) is 0 Å². The first kappa shape index (κ1) is 19.5. The Bertz CT molecular complexity index is 839. The first-order valence-corrected chi connectivity index (χ1v) is 8.99. The van der Waals surface area contributed by atoms with Crippen molar-refractivity contribution in [1.82, 2.24) is 9.97 Å². The molecule has 1 atom stereocenters. The lowest BCUT2D eigenvalue weighted by atomic mass is 10.2. The van der Waals surface area contributed by atoms with E-state index >= 15 is 0 Å². The molecule has 2 N–H and O–H groups in total. The molecule has 1 aliphatic rings. The number of amides is 1. The maximum atomic E-state index is 12.7. The summed E-state index contributed by atoms with van der Waals surface area (Å²) < 4.78 is 5.02. The van der Waals surface area contributed by atoms with Crippen LogP contribution in [0, 0.1) is 10.1 Å². The molecule has 2 aromatic rings. The van der Waals surface area contributed by atoms with E-state index in [-0.39, 0.29) is 23.3 Å². The molecule has 0 radical (unpaired) electrons. The molecule has 1 aliphatic heterocycles. The Balaban J connectivity index is 1.62. The van der Waals surface area contributed by atoms with Crippen molar-refractivity contribution in [1.29, 1.82) is 0 Å². The molecule has 28 heavy (non-hydrogen) atoms. The zero-order valence-corrected chi connectivity index (χ0v) is 15.8. The molecule has 1 amide bonds.